The van der Waals surface area contributed by atoms with Crippen LogP contribution in [0.3, 0.4) is 0 Å². The summed E-state index contributed by atoms with van der Waals surface area (Å²) in [6.45, 7) is 3.71. The van der Waals surface area contributed by atoms with Gasteiger partial charge in [-0.25, -0.2) is 4.79 Å². The largest absolute Gasteiger partial charge is 0.493 e. The summed E-state index contributed by atoms with van der Waals surface area (Å²) < 4.78 is 15.6. The van der Waals surface area contributed by atoms with Gasteiger partial charge in [0.1, 0.15) is 0 Å². The molecular weight excluding hydrogens is 382 g/mol. The molecule has 0 heterocycles. The monoisotopic (exact) mass is 409 g/mol. The summed E-state index contributed by atoms with van der Waals surface area (Å²) in [5, 5.41) is 3.36. The molecule has 1 aliphatic rings. The zero-order valence-corrected chi connectivity index (χ0v) is 17.5. The molecule has 7 heteroatoms. The van der Waals surface area contributed by atoms with Crippen molar-refractivity contribution in [2.24, 2.45) is 5.92 Å². The molecule has 1 aliphatic carbocycles. The van der Waals surface area contributed by atoms with Crippen molar-refractivity contribution in [3.05, 3.63) is 28.8 Å². The van der Waals surface area contributed by atoms with Crippen LogP contribution < -0.4 is 14.8 Å². The van der Waals surface area contributed by atoms with Crippen molar-refractivity contribution < 1.29 is 23.8 Å². The normalized spacial score (nSPS) is 20.5. The number of esters is 1. The zero-order valence-electron chi connectivity index (χ0n) is 16.8. The molecule has 1 saturated carbocycles. The van der Waals surface area contributed by atoms with Gasteiger partial charge in [0.25, 0.3) is 5.91 Å². The second kappa shape index (κ2) is 10.4. The van der Waals surface area contributed by atoms with Crippen LogP contribution in [0.2, 0.25) is 5.02 Å². The number of rotatable bonds is 7. The van der Waals surface area contributed by atoms with Crippen molar-refractivity contribution in [1.82, 2.24) is 5.32 Å². The molecule has 28 heavy (non-hydrogen) atoms. The van der Waals surface area contributed by atoms with Gasteiger partial charge in [0.2, 0.25) is 0 Å². The fraction of sp³-hybridized carbons (Fsp3) is 0.524. The highest BCUT2D eigenvalue weighted by Crippen LogP contribution is 2.36. The minimum atomic E-state index is -0.861. The third kappa shape index (κ3) is 5.89. The van der Waals surface area contributed by atoms with Gasteiger partial charge in [-0.15, -0.1) is 0 Å². The van der Waals surface area contributed by atoms with E-state index in [9.17, 15) is 9.59 Å². The molecule has 1 amide bonds. The average Bonchev–Trinajstić information content (AvgIpc) is 2.67. The molecule has 0 aromatic heterocycles. The number of ether oxygens (including phenoxy) is 3. The third-order valence-electron chi connectivity index (χ3n) is 4.97. The van der Waals surface area contributed by atoms with E-state index in [0.717, 1.165) is 19.3 Å². The lowest BCUT2D eigenvalue weighted by atomic mass is 9.86. The van der Waals surface area contributed by atoms with Crippen LogP contribution in [0.5, 0.6) is 11.5 Å². The van der Waals surface area contributed by atoms with Crippen LogP contribution in [0.25, 0.3) is 6.08 Å². The van der Waals surface area contributed by atoms with Crippen LogP contribution in [0.4, 0.5) is 0 Å². The number of hydrogen-bond acceptors (Lipinski definition) is 5. The Kier molecular flexibility index (Phi) is 8.18. The van der Waals surface area contributed by atoms with Gasteiger partial charge in [0, 0.05) is 12.1 Å². The van der Waals surface area contributed by atoms with Crippen molar-refractivity contribution >= 4 is 29.6 Å². The summed E-state index contributed by atoms with van der Waals surface area (Å²) in [4.78, 5) is 24.4. The lowest BCUT2D eigenvalue weighted by Crippen LogP contribution is -2.45. The number of carbonyl (C=O) groups is 2. The minimum absolute atomic E-state index is 0.145. The molecule has 0 radical (unpaired) electrons. The number of hydrogen-bond donors (Lipinski definition) is 1. The molecule has 0 bridgehead atoms. The quantitative estimate of drug-likeness (QED) is 0.544. The van der Waals surface area contributed by atoms with E-state index in [2.05, 4.69) is 12.2 Å². The Labute approximate surface area is 171 Å². The number of nitrogens with one attached hydrogen (secondary N) is 1. The lowest BCUT2D eigenvalue weighted by molar-refractivity contribution is -0.150. The maximum atomic E-state index is 12.3. The molecule has 6 nitrogen and oxygen atoms in total. The number of benzene rings is 1. The molecule has 2 rings (SSSR count). The van der Waals surface area contributed by atoms with Crippen molar-refractivity contribution in [3.63, 3.8) is 0 Å². The standard InChI is InChI=1S/C21H28ClNO5/c1-13-7-5-6-8-17(13)23-21(25)14(2)28-19(24)10-9-15-11-16(22)20(27-4)18(12-15)26-3/h9-14,17H,5-8H2,1-4H3,(H,23,25)/b10-9+/t13-,14-,17-/m0/s1. The molecule has 0 unspecified atom stereocenters. The highest BCUT2D eigenvalue weighted by atomic mass is 35.5. The third-order valence-corrected chi connectivity index (χ3v) is 5.25. The van der Waals surface area contributed by atoms with E-state index in [1.165, 1.54) is 26.7 Å². The van der Waals surface area contributed by atoms with Crippen LogP contribution in [0, 0.1) is 5.92 Å². The highest BCUT2D eigenvalue weighted by Gasteiger charge is 2.26. The molecule has 0 saturated heterocycles. The SMILES string of the molecule is COc1cc(/C=C/C(=O)O[C@@H](C)C(=O)N[C@H]2CCCC[C@@H]2C)cc(Cl)c1OC. The highest BCUT2D eigenvalue weighted by molar-refractivity contribution is 6.32. The van der Waals surface area contributed by atoms with Crippen molar-refractivity contribution in [3.8, 4) is 11.5 Å². The maximum Gasteiger partial charge on any atom is 0.331 e. The Hall–Kier alpha value is -2.21. The van der Waals surface area contributed by atoms with E-state index in [1.807, 2.05) is 0 Å². The Bertz CT molecular complexity index is 734. The fourth-order valence-electron chi connectivity index (χ4n) is 3.30. The van der Waals surface area contributed by atoms with E-state index in [1.54, 1.807) is 25.1 Å². The summed E-state index contributed by atoms with van der Waals surface area (Å²) in [6.07, 6.45) is 6.32. The van der Waals surface area contributed by atoms with Crippen LogP contribution in [-0.4, -0.2) is 38.2 Å². The maximum absolute atomic E-state index is 12.3. The van der Waals surface area contributed by atoms with Crippen LogP contribution in [0.1, 0.15) is 45.1 Å². The Morgan fingerprint density at radius 3 is 2.57 bits per heavy atom. The summed E-state index contributed by atoms with van der Waals surface area (Å²) in [5.74, 6) is 0.443. The summed E-state index contributed by atoms with van der Waals surface area (Å²) in [5.41, 5.74) is 0.646. The van der Waals surface area contributed by atoms with Crippen LogP contribution in [0.15, 0.2) is 18.2 Å². The molecule has 1 N–H and O–H groups in total. The number of methoxy groups -OCH3 is 2. The van der Waals surface area contributed by atoms with Gasteiger partial charge in [-0.3, -0.25) is 4.79 Å². The Balaban J connectivity index is 1.93. The molecule has 0 spiro atoms. The van der Waals surface area contributed by atoms with E-state index in [0.29, 0.717) is 28.0 Å². The molecule has 1 aromatic rings. The van der Waals surface area contributed by atoms with E-state index in [4.69, 9.17) is 25.8 Å². The van der Waals surface area contributed by atoms with Gasteiger partial charge in [-0.1, -0.05) is 31.4 Å². The van der Waals surface area contributed by atoms with Gasteiger partial charge in [-0.05, 0) is 49.5 Å². The first-order chi connectivity index (χ1) is 13.3. The smallest absolute Gasteiger partial charge is 0.331 e. The topological polar surface area (TPSA) is 73.9 Å². The molecule has 0 aliphatic heterocycles. The first-order valence-corrected chi connectivity index (χ1v) is 9.84. The van der Waals surface area contributed by atoms with Crippen molar-refractivity contribution in [2.45, 2.75) is 51.7 Å². The van der Waals surface area contributed by atoms with E-state index in [-0.39, 0.29) is 11.9 Å². The van der Waals surface area contributed by atoms with Gasteiger partial charge in [0.05, 0.1) is 19.2 Å². The predicted molar refractivity (Wildman–Crippen MR) is 109 cm³/mol. The molecular formula is C21H28ClNO5. The predicted octanol–water partition coefficient (Wildman–Crippen LogP) is 4.00. The lowest BCUT2D eigenvalue weighted by Gasteiger charge is -2.30. The second-order valence-electron chi connectivity index (χ2n) is 7.03. The number of halogens is 1. The van der Waals surface area contributed by atoms with Gasteiger partial charge in [-0.2, -0.15) is 0 Å². The average molecular weight is 410 g/mol. The summed E-state index contributed by atoms with van der Waals surface area (Å²) >= 11 is 6.15. The number of carbonyl (C=O) groups excluding carboxylic acids is 2. The summed E-state index contributed by atoms with van der Waals surface area (Å²) in [7, 11) is 3.00. The van der Waals surface area contributed by atoms with Crippen LogP contribution in [-0.2, 0) is 14.3 Å². The van der Waals surface area contributed by atoms with Gasteiger partial charge < -0.3 is 19.5 Å². The zero-order chi connectivity index (χ0) is 20.7. The van der Waals surface area contributed by atoms with E-state index >= 15 is 0 Å². The summed E-state index contributed by atoms with van der Waals surface area (Å²) in [6, 6.07) is 3.48. The first kappa shape index (κ1) is 22.1. The first-order valence-electron chi connectivity index (χ1n) is 9.46. The minimum Gasteiger partial charge on any atom is -0.493 e. The molecule has 154 valence electrons. The number of amides is 1. The molecule has 3 atom stereocenters. The molecule has 1 fully saturated rings. The Morgan fingerprint density at radius 1 is 1.21 bits per heavy atom. The molecule has 1 aromatic carbocycles. The van der Waals surface area contributed by atoms with Gasteiger partial charge in [0.15, 0.2) is 17.6 Å². The second-order valence-corrected chi connectivity index (χ2v) is 7.43. The van der Waals surface area contributed by atoms with Gasteiger partial charge >= 0.3 is 5.97 Å². The van der Waals surface area contributed by atoms with E-state index < -0.39 is 12.1 Å². The van der Waals surface area contributed by atoms with Crippen molar-refractivity contribution in [2.75, 3.05) is 14.2 Å². The van der Waals surface area contributed by atoms with Crippen molar-refractivity contribution in [1.29, 1.82) is 0 Å². The fourth-order valence-corrected chi connectivity index (χ4v) is 3.59. The Morgan fingerprint density at radius 2 is 1.93 bits per heavy atom. The van der Waals surface area contributed by atoms with Crippen LogP contribution >= 0.6 is 11.6 Å².